The van der Waals surface area contributed by atoms with Crippen molar-refractivity contribution in [3.05, 3.63) is 23.3 Å². The monoisotopic (exact) mass is 226 g/mol. The number of rotatable bonds is 0. The molecule has 88 valence electrons. The van der Waals surface area contributed by atoms with E-state index in [4.69, 9.17) is 0 Å². The van der Waals surface area contributed by atoms with E-state index in [1.807, 2.05) is 27.7 Å². The summed E-state index contributed by atoms with van der Waals surface area (Å²) in [5.74, 6) is -2.96. The zero-order valence-electron chi connectivity index (χ0n) is 10.0. The van der Waals surface area contributed by atoms with Gasteiger partial charge >= 0.3 is 0 Å². The lowest BCUT2D eigenvalue weighted by Gasteiger charge is -2.22. The largest absolute Gasteiger partial charge is 0.290 e. The smallest absolute Gasteiger partial charge is 0.241 e. The van der Waals surface area contributed by atoms with E-state index in [-0.39, 0.29) is 23.4 Å². The van der Waals surface area contributed by atoms with Crippen LogP contribution in [0.1, 0.15) is 57.0 Å². The summed E-state index contributed by atoms with van der Waals surface area (Å²) in [6.45, 7) is 7.77. The molecule has 1 aromatic rings. The van der Waals surface area contributed by atoms with Crippen molar-refractivity contribution in [2.75, 3.05) is 0 Å². The van der Waals surface area contributed by atoms with E-state index in [2.05, 4.69) is 9.97 Å². The van der Waals surface area contributed by atoms with E-state index in [9.17, 15) is 8.78 Å². The summed E-state index contributed by atoms with van der Waals surface area (Å²) in [6, 6.07) is 0. The van der Waals surface area contributed by atoms with Gasteiger partial charge in [0.15, 0.2) is 0 Å². The van der Waals surface area contributed by atoms with Gasteiger partial charge in [0.2, 0.25) is 0 Å². The van der Waals surface area contributed by atoms with Gasteiger partial charge in [0.1, 0.15) is 12.0 Å². The molecule has 0 bridgehead atoms. The van der Waals surface area contributed by atoms with Gasteiger partial charge in [-0.05, 0) is 5.92 Å². The maximum Gasteiger partial charge on any atom is 0.290 e. The van der Waals surface area contributed by atoms with Crippen LogP contribution in [0.15, 0.2) is 6.33 Å². The molecule has 2 rings (SSSR count). The molecule has 0 spiro atoms. The van der Waals surface area contributed by atoms with E-state index in [1.165, 1.54) is 6.33 Å². The van der Waals surface area contributed by atoms with Crippen molar-refractivity contribution < 1.29 is 8.78 Å². The minimum absolute atomic E-state index is 0.0695. The number of hydrogen-bond acceptors (Lipinski definition) is 2. The Balaban J connectivity index is 2.66. The van der Waals surface area contributed by atoms with E-state index < -0.39 is 5.92 Å². The Morgan fingerprint density at radius 2 is 1.94 bits per heavy atom. The second kappa shape index (κ2) is 3.22. The number of fused-ring (bicyclic) bond motifs is 1. The Labute approximate surface area is 94.1 Å². The van der Waals surface area contributed by atoms with Crippen molar-refractivity contribution in [3.63, 3.8) is 0 Å². The molecule has 0 saturated heterocycles. The Kier molecular flexibility index (Phi) is 2.30. The Bertz CT molecular complexity index is 422. The first-order valence-corrected chi connectivity index (χ1v) is 5.47. The van der Waals surface area contributed by atoms with Crippen molar-refractivity contribution in [2.45, 2.75) is 51.4 Å². The van der Waals surface area contributed by atoms with Gasteiger partial charge in [-0.25, -0.2) is 9.97 Å². The van der Waals surface area contributed by atoms with Crippen molar-refractivity contribution in [1.29, 1.82) is 0 Å². The van der Waals surface area contributed by atoms with Crippen LogP contribution >= 0.6 is 0 Å². The van der Waals surface area contributed by atoms with Crippen LogP contribution in [0.25, 0.3) is 0 Å². The van der Waals surface area contributed by atoms with Crippen LogP contribution in [0.5, 0.6) is 0 Å². The molecule has 1 atom stereocenters. The second-order valence-electron chi connectivity index (χ2n) is 5.54. The molecule has 1 heterocycles. The van der Waals surface area contributed by atoms with Crippen LogP contribution in [0, 0.1) is 0 Å². The average Bonchev–Trinajstić information content (AvgIpc) is 2.36. The molecule has 0 radical (unpaired) electrons. The zero-order chi connectivity index (χ0) is 12.1. The quantitative estimate of drug-likeness (QED) is 0.677. The summed E-state index contributed by atoms with van der Waals surface area (Å²) >= 11 is 0. The summed E-state index contributed by atoms with van der Waals surface area (Å²) in [7, 11) is 0. The fourth-order valence-electron chi connectivity index (χ4n) is 2.33. The number of alkyl halides is 2. The maximum atomic E-state index is 13.7. The molecule has 0 fully saturated rings. The fraction of sp³-hybridized carbons (Fsp3) is 0.667. The molecule has 4 heteroatoms. The minimum atomic E-state index is -2.79. The predicted octanol–water partition coefficient (Wildman–Crippen LogP) is 3.37. The van der Waals surface area contributed by atoms with E-state index >= 15 is 0 Å². The molecule has 16 heavy (non-hydrogen) atoms. The highest BCUT2D eigenvalue weighted by atomic mass is 19.3. The van der Waals surface area contributed by atoms with Crippen LogP contribution in [0.3, 0.4) is 0 Å². The topological polar surface area (TPSA) is 25.8 Å². The molecule has 1 aromatic heterocycles. The Morgan fingerprint density at radius 1 is 1.31 bits per heavy atom. The van der Waals surface area contributed by atoms with Gasteiger partial charge in [0.25, 0.3) is 5.92 Å². The molecular formula is C12H16F2N2. The van der Waals surface area contributed by atoms with Gasteiger partial charge in [-0.3, -0.25) is 0 Å². The maximum absolute atomic E-state index is 13.7. The van der Waals surface area contributed by atoms with Gasteiger partial charge in [-0.15, -0.1) is 0 Å². The standard InChI is InChI=1S/C12H16F2N2/c1-7-5-12(13,14)10-8(7)9(11(2,3)4)15-6-16-10/h6-7H,5H2,1-4H3/t7-/m1/s1. The highest BCUT2D eigenvalue weighted by molar-refractivity contribution is 5.39. The van der Waals surface area contributed by atoms with Crippen molar-refractivity contribution in [1.82, 2.24) is 9.97 Å². The molecule has 0 N–H and O–H groups in total. The summed E-state index contributed by atoms with van der Waals surface area (Å²) in [5, 5.41) is 0. The lowest BCUT2D eigenvalue weighted by atomic mass is 9.86. The number of nitrogens with zero attached hydrogens (tertiary/aromatic N) is 2. The molecule has 0 saturated carbocycles. The summed E-state index contributed by atoms with van der Waals surface area (Å²) in [5.41, 5.74) is 1.11. The Morgan fingerprint density at radius 3 is 2.50 bits per heavy atom. The molecule has 0 unspecified atom stereocenters. The van der Waals surface area contributed by atoms with Crippen LogP contribution in [-0.4, -0.2) is 9.97 Å². The lowest BCUT2D eigenvalue weighted by Crippen LogP contribution is -2.19. The van der Waals surface area contributed by atoms with Crippen molar-refractivity contribution in [2.24, 2.45) is 0 Å². The number of halogens is 2. The minimum Gasteiger partial charge on any atom is -0.241 e. The SMILES string of the molecule is C[C@@H]1CC(F)(F)c2ncnc(C(C)(C)C)c21. The average molecular weight is 226 g/mol. The van der Waals surface area contributed by atoms with Crippen molar-refractivity contribution >= 4 is 0 Å². The summed E-state index contributed by atoms with van der Waals surface area (Å²) < 4.78 is 27.3. The van der Waals surface area contributed by atoms with Gasteiger partial charge in [0, 0.05) is 17.4 Å². The van der Waals surface area contributed by atoms with Gasteiger partial charge in [-0.1, -0.05) is 27.7 Å². The highest BCUT2D eigenvalue weighted by Gasteiger charge is 2.47. The van der Waals surface area contributed by atoms with Crippen LogP contribution in [0.4, 0.5) is 8.78 Å². The van der Waals surface area contributed by atoms with Gasteiger partial charge in [-0.2, -0.15) is 8.78 Å². The summed E-state index contributed by atoms with van der Waals surface area (Å²) in [4.78, 5) is 7.97. The highest BCUT2D eigenvalue weighted by Crippen LogP contribution is 2.49. The van der Waals surface area contributed by atoms with E-state index in [1.54, 1.807) is 0 Å². The van der Waals surface area contributed by atoms with Crippen LogP contribution < -0.4 is 0 Å². The van der Waals surface area contributed by atoms with E-state index in [0.29, 0.717) is 5.56 Å². The first-order chi connectivity index (χ1) is 7.23. The van der Waals surface area contributed by atoms with Gasteiger partial charge < -0.3 is 0 Å². The second-order valence-corrected chi connectivity index (χ2v) is 5.54. The summed E-state index contributed by atoms with van der Waals surface area (Å²) in [6.07, 6.45) is 1.11. The number of hydrogen-bond donors (Lipinski definition) is 0. The fourth-order valence-corrected chi connectivity index (χ4v) is 2.33. The predicted molar refractivity (Wildman–Crippen MR) is 57.7 cm³/mol. The molecular weight excluding hydrogens is 210 g/mol. The Hall–Kier alpha value is -1.06. The molecule has 0 aliphatic heterocycles. The molecule has 0 amide bonds. The van der Waals surface area contributed by atoms with Crippen LogP contribution in [0.2, 0.25) is 0 Å². The third kappa shape index (κ3) is 1.60. The lowest BCUT2D eigenvalue weighted by molar-refractivity contribution is -0.00978. The first-order valence-electron chi connectivity index (χ1n) is 5.47. The van der Waals surface area contributed by atoms with Crippen LogP contribution in [-0.2, 0) is 11.3 Å². The third-order valence-electron chi connectivity index (χ3n) is 3.00. The first kappa shape index (κ1) is 11.4. The molecule has 0 aromatic carbocycles. The van der Waals surface area contributed by atoms with E-state index in [0.717, 1.165) is 5.69 Å². The van der Waals surface area contributed by atoms with Crippen molar-refractivity contribution in [3.8, 4) is 0 Å². The molecule has 1 aliphatic rings. The normalized spacial score (nSPS) is 23.2. The number of aromatic nitrogens is 2. The molecule has 1 aliphatic carbocycles. The third-order valence-corrected chi connectivity index (χ3v) is 3.00. The van der Waals surface area contributed by atoms with Gasteiger partial charge in [0.05, 0.1) is 5.69 Å². The molecule has 2 nitrogen and oxygen atoms in total. The zero-order valence-corrected chi connectivity index (χ0v) is 10.0.